The maximum absolute atomic E-state index is 12.7. The Balaban J connectivity index is 1.17. The van der Waals surface area contributed by atoms with Crippen molar-refractivity contribution in [2.45, 2.75) is 31.7 Å². The molecule has 3 amide bonds. The average molecular weight is 384 g/mol. The molecule has 7 heteroatoms. The van der Waals surface area contributed by atoms with Gasteiger partial charge < -0.3 is 20.0 Å². The Bertz CT molecular complexity index is 724. The number of nitrogens with zero attached hydrogens (tertiary/aromatic N) is 3. The average Bonchev–Trinajstić information content (AvgIpc) is 3.11. The minimum absolute atomic E-state index is 0.0570. The van der Waals surface area contributed by atoms with Crippen LogP contribution in [-0.2, 0) is 14.4 Å². The van der Waals surface area contributed by atoms with Crippen LogP contribution in [0.2, 0.25) is 0 Å². The first-order valence-electron chi connectivity index (χ1n) is 10.3. The quantitative estimate of drug-likeness (QED) is 0.817. The highest BCUT2D eigenvalue weighted by molar-refractivity contribution is 5.85. The van der Waals surface area contributed by atoms with Gasteiger partial charge >= 0.3 is 0 Å². The number of carbonyl (C=O) groups is 3. The Hall–Kier alpha value is -2.57. The zero-order valence-electron chi connectivity index (χ0n) is 16.2. The van der Waals surface area contributed by atoms with Crippen LogP contribution < -0.4 is 10.2 Å². The van der Waals surface area contributed by atoms with Gasteiger partial charge in [-0.05, 0) is 25.0 Å². The van der Waals surface area contributed by atoms with E-state index in [1.165, 1.54) is 5.69 Å². The standard InChI is InChI=1S/C21H28N4O3/c26-19-8-6-17(22-19)7-9-20(27)25-14-16(15-25)21(28)24-12-10-23(11-13-24)18-4-2-1-3-5-18/h1-5,16-17H,6-15H2,(H,22,26). The summed E-state index contributed by atoms with van der Waals surface area (Å²) < 4.78 is 0. The molecule has 28 heavy (non-hydrogen) atoms. The lowest BCUT2D eigenvalue weighted by Gasteiger charge is -2.43. The summed E-state index contributed by atoms with van der Waals surface area (Å²) in [5, 5.41) is 2.90. The highest BCUT2D eigenvalue weighted by Crippen LogP contribution is 2.23. The Kier molecular flexibility index (Phi) is 5.50. The van der Waals surface area contributed by atoms with Crippen molar-refractivity contribution >= 4 is 23.4 Å². The second kappa shape index (κ2) is 8.20. The molecule has 3 saturated heterocycles. The van der Waals surface area contributed by atoms with E-state index in [9.17, 15) is 14.4 Å². The molecule has 3 aliphatic heterocycles. The highest BCUT2D eigenvalue weighted by Gasteiger charge is 2.38. The molecule has 1 unspecified atom stereocenters. The summed E-state index contributed by atoms with van der Waals surface area (Å²) in [6.45, 7) is 4.23. The van der Waals surface area contributed by atoms with Gasteiger partial charge in [0.2, 0.25) is 17.7 Å². The van der Waals surface area contributed by atoms with E-state index in [4.69, 9.17) is 0 Å². The lowest BCUT2D eigenvalue weighted by Crippen LogP contribution is -2.59. The van der Waals surface area contributed by atoms with Gasteiger partial charge in [-0.25, -0.2) is 0 Å². The van der Waals surface area contributed by atoms with E-state index in [0.29, 0.717) is 32.4 Å². The molecule has 0 aliphatic carbocycles. The summed E-state index contributed by atoms with van der Waals surface area (Å²) in [7, 11) is 0. The number of rotatable bonds is 5. The zero-order valence-corrected chi connectivity index (χ0v) is 16.2. The van der Waals surface area contributed by atoms with Crippen molar-refractivity contribution in [3.05, 3.63) is 30.3 Å². The van der Waals surface area contributed by atoms with E-state index < -0.39 is 0 Å². The van der Waals surface area contributed by atoms with Crippen molar-refractivity contribution in [2.75, 3.05) is 44.2 Å². The van der Waals surface area contributed by atoms with Gasteiger partial charge in [0.25, 0.3) is 0 Å². The second-order valence-electron chi connectivity index (χ2n) is 7.99. The summed E-state index contributed by atoms with van der Waals surface area (Å²) in [6, 6.07) is 10.4. The van der Waals surface area contributed by atoms with Gasteiger partial charge in [0.1, 0.15) is 0 Å². The molecule has 0 saturated carbocycles. The third kappa shape index (κ3) is 4.13. The lowest BCUT2D eigenvalue weighted by atomic mass is 9.96. The molecule has 1 atom stereocenters. The number of likely N-dealkylation sites (tertiary alicyclic amines) is 1. The molecule has 3 fully saturated rings. The fraction of sp³-hybridized carbons (Fsp3) is 0.571. The van der Waals surface area contributed by atoms with E-state index in [1.54, 1.807) is 4.90 Å². The monoisotopic (exact) mass is 384 g/mol. The smallest absolute Gasteiger partial charge is 0.229 e. The Morgan fingerprint density at radius 2 is 1.71 bits per heavy atom. The molecule has 0 bridgehead atoms. The van der Waals surface area contributed by atoms with E-state index in [1.807, 2.05) is 23.1 Å². The van der Waals surface area contributed by atoms with Gasteiger partial charge in [-0.2, -0.15) is 0 Å². The molecular formula is C21H28N4O3. The van der Waals surface area contributed by atoms with Crippen LogP contribution in [0.1, 0.15) is 25.7 Å². The van der Waals surface area contributed by atoms with Gasteiger partial charge in [-0.3, -0.25) is 14.4 Å². The molecule has 0 aromatic heterocycles. The SMILES string of the molecule is O=C1CCC(CCC(=O)N2CC(C(=O)N3CCN(c4ccccc4)CC3)C2)N1. The Morgan fingerprint density at radius 3 is 2.36 bits per heavy atom. The van der Waals surface area contributed by atoms with E-state index in [2.05, 4.69) is 22.3 Å². The van der Waals surface area contributed by atoms with E-state index in [-0.39, 0.29) is 29.7 Å². The maximum atomic E-state index is 12.7. The Morgan fingerprint density at radius 1 is 1.00 bits per heavy atom. The first-order valence-corrected chi connectivity index (χ1v) is 10.3. The molecule has 7 nitrogen and oxygen atoms in total. The number of nitrogens with one attached hydrogen (secondary N) is 1. The number of carbonyl (C=O) groups excluding carboxylic acids is 3. The minimum atomic E-state index is -0.0570. The Labute approximate surface area is 165 Å². The molecule has 1 aromatic rings. The topological polar surface area (TPSA) is 73.0 Å². The summed E-state index contributed by atoms with van der Waals surface area (Å²) >= 11 is 0. The van der Waals surface area contributed by atoms with Crippen LogP contribution in [0.15, 0.2) is 30.3 Å². The predicted molar refractivity (Wildman–Crippen MR) is 106 cm³/mol. The van der Waals surface area contributed by atoms with Crippen molar-refractivity contribution in [3.63, 3.8) is 0 Å². The summed E-state index contributed by atoms with van der Waals surface area (Å²) in [5.74, 6) is 0.303. The number of anilines is 1. The first-order chi connectivity index (χ1) is 13.6. The lowest BCUT2D eigenvalue weighted by molar-refractivity contribution is -0.148. The number of benzene rings is 1. The van der Waals surface area contributed by atoms with Gasteiger partial charge in [0.05, 0.1) is 5.92 Å². The molecule has 1 N–H and O–H groups in total. The molecule has 1 aromatic carbocycles. The van der Waals surface area contributed by atoms with Gasteiger partial charge in [-0.1, -0.05) is 18.2 Å². The zero-order chi connectivity index (χ0) is 19.5. The van der Waals surface area contributed by atoms with Crippen LogP contribution in [0.3, 0.4) is 0 Å². The molecule has 3 heterocycles. The van der Waals surface area contributed by atoms with Crippen molar-refractivity contribution in [3.8, 4) is 0 Å². The van der Waals surface area contributed by atoms with E-state index in [0.717, 1.165) is 32.6 Å². The second-order valence-corrected chi connectivity index (χ2v) is 7.99. The number of piperazine rings is 1. The van der Waals surface area contributed by atoms with Crippen molar-refractivity contribution < 1.29 is 14.4 Å². The number of amides is 3. The van der Waals surface area contributed by atoms with E-state index >= 15 is 0 Å². The molecule has 150 valence electrons. The van der Waals surface area contributed by atoms with Crippen LogP contribution in [0.5, 0.6) is 0 Å². The number of para-hydroxylation sites is 1. The fourth-order valence-corrected chi connectivity index (χ4v) is 4.27. The summed E-state index contributed by atoms with van der Waals surface area (Å²) in [4.78, 5) is 42.3. The van der Waals surface area contributed by atoms with Crippen LogP contribution in [0.4, 0.5) is 5.69 Å². The van der Waals surface area contributed by atoms with Crippen LogP contribution >= 0.6 is 0 Å². The fourth-order valence-electron chi connectivity index (χ4n) is 4.27. The molecule has 3 aliphatic rings. The van der Waals surface area contributed by atoms with Gasteiger partial charge in [0.15, 0.2) is 0 Å². The number of hydrogen-bond donors (Lipinski definition) is 1. The van der Waals surface area contributed by atoms with Crippen LogP contribution in [0, 0.1) is 5.92 Å². The molecule has 0 spiro atoms. The first kappa shape index (κ1) is 18.8. The van der Waals surface area contributed by atoms with Gasteiger partial charge in [-0.15, -0.1) is 0 Å². The van der Waals surface area contributed by atoms with Gasteiger partial charge in [0, 0.05) is 63.8 Å². The minimum Gasteiger partial charge on any atom is -0.368 e. The highest BCUT2D eigenvalue weighted by atomic mass is 16.2. The normalized spacial score (nSPS) is 22.8. The van der Waals surface area contributed by atoms with Crippen molar-refractivity contribution in [1.29, 1.82) is 0 Å². The largest absolute Gasteiger partial charge is 0.368 e. The molecule has 4 rings (SSSR count). The number of hydrogen-bond acceptors (Lipinski definition) is 4. The van der Waals surface area contributed by atoms with Crippen molar-refractivity contribution in [1.82, 2.24) is 15.1 Å². The molecule has 0 radical (unpaired) electrons. The molecular weight excluding hydrogens is 356 g/mol. The third-order valence-electron chi connectivity index (χ3n) is 6.09. The maximum Gasteiger partial charge on any atom is 0.229 e. The van der Waals surface area contributed by atoms with Crippen LogP contribution in [-0.4, -0.2) is 72.8 Å². The summed E-state index contributed by atoms with van der Waals surface area (Å²) in [6.07, 6.45) is 2.53. The van der Waals surface area contributed by atoms with Crippen molar-refractivity contribution in [2.24, 2.45) is 5.92 Å². The van der Waals surface area contributed by atoms with Crippen LogP contribution in [0.25, 0.3) is 0 Å². The predicted octanol–water partition coefficient (Wildman–Crippen LogP) is 0.852. The summed E-state index contributed by atoms with van der Waals surface area (Å²) in [5.41, 5.74) is 1.20. The third-order valence-corrected chi connectivity index (χ3v) is 6.09.